The van der Waals surface area contributed by atoms with Crippen LogP contribution in [0.25, 0.3) is 5.69 Å². The lowest BCUT2D eigenvalue weighted by Gasteiger charge is -2.04. The zero-order valence-electron chi connectivity index (χ0n) is 15.3. The molecule has 0 atom stereocenters. The first-order chi connectivity index (χ1) is 14.0. The number of hydrogen-bond donors (Lipinski definition) is 1. The SMILES string of the molecule is Cc1nn(-c2cccc(Cl)c2)c(Cl)c1/C=N/NC(=O)COc1ccc(C#N)cc1. The van der Waals surface area contributed by atoms with Gasteiger partial charge in [-0.3, -0.25) is 4.79 Å². The van der Waals surface area contributed by atoms with E-state index in [1.165, 1.54) is 6.21 Å². The topological polar surface area (TPSA) is 92.3 Å². The molecule has 29 heavy (non-hydrogen) atoms. The summed E-state index contributed by atoms with van der Waals surface area (Å²) in [7, 11) is 0. The van der Waals surface area contributed by atoms with E-state index in [1.807, 2.05) is 12.1 Å². The van der Waals surface area contributed by atoms with E-state index in [-0.39, 0.29) is 6.61 Å². The summed E-state index contributed by atoms with van der Waals surface area (Å²) in [6.07, 6.45) is 1.42. The van der Waals surface area contributed by atoms with E-state index in [0.29, 0.717) is 38.4 Å². The van der Waals surface area contributed by atoms with Crippen LogP contribution in [0.3, 0.4) is 0 Å². The highest BCUT2D eigenvalue weighted by Crippen LogP contribution is 2.23. The zero-order valence-corrected chi connectivity index (χ0v) is 16.8. The molecule has 0 bridgehead atoms. The molecule has 0 saturated carbocycles. The van der Waals surface area contributed by atoms with Crippen LogP contribution in [-0.4, -0.2) is 28.5 Å². The van der Waals surface area contributed by atoms with Crippen molar-refractivity contribution in [1.82, 2.24) is 15.2 Å². The van der Waals surface area contributed by atoms with E-state index in [4.69, 9.17) is 33.2 Å². The van der Waals surface area contributed by atoms with Gasteiger partial charge in [-0.05, 0) is 49.4 Å². The minimum Gasteiger partial charge on any atom is -0.484 e. The number of benzene rings is 2. The second-order valence-electron chi connectivity index (χ2n) is 5.90. The Morgan fingerprint density at radius 3 is 2.76 bits per heavy atom. The largest absolute Gasteiger partial charge is 0.484 e. The molecule has 0 spiro atoms. The zero-order chi connectivity index (χ0) is 20.8. The molecule has 0 fully saturated rings. The van der Waals surface area contributed by atoms with Crippen LogP contribution in [0, 0.1) is 18.3 Å². The molecule has 2 aromatic carbocycles. The Kier molecular flexibility index (Phi) is 6.50. The van der Waals surface area contributed by atoms with Crippen LogP contribution in [0.1, 0.15) is 16.8 Å². The van der Waals surface area contributed by atoms with Gasteiger partial charge in [0.2, 0.25) is 0 Å². The van der Waals surface area contributed by atoms with E-state index in [1.54, 1.807) is 54.1 Å². The fourth-order valence-corrected chi connectivity index (χ4v) is 2.92. The number of nitriles is 1. The lowest BCUT2D eigenvalue weighted by atomic mass is 10.2. The van der Waals surface area contributed by atoms with Gasteiger partial charge < -0.3 is 4.74 Å². The van der Waals surface area contributed by atoms with Crippen molar-refractivity contribution in [3.8, 4) is 17.5 Å². The first-order valence-electron chi connectivity index (χ1n) is 8.44. The summed E-state index contributed by atoms with van der Waals surface area (Å²) in [5.74, 6) is 0.0337. The van der Waals surface area contributed by atoms with Crippen LogP contribution in [0.2, 0.25) is 10.2 Å². The number of halogens is 2. The van der Waals surface area contributed by atoms with Crippen molar-refractivity contribution in [1.29, 1.82) is 5.26 Å². The average Bonchev–Trinajstić information content (AvgIpc) is 3.01. The van der Waals surface area contributed by atoms with Gasteiger partial charge in [0.05, 0.1) is 34.8 Å². The first-order valence-corrected chi connectivity index (χ1v) is 9.19. The summed E-state index contributed by atoms with van der Waals surface area (Å²) < 4.78 is 6.88. The highest BCUT2D eigenvalue weighted by atomic mass is 35.5. The summed E-state index contributed by atoms with van der Waals surface area (Å²) in [5, 5.41) is 18.0. The Balaban J connectivity index is 1.61. The van der Waals surface area contributed by atoms with E-state index in [0.717, 1.165) is 0 Å². The quantitative estimate of drug-likeness (QED) is 0.476. The van der Waals surface area contributed by atoms with Gasteiger partial charge in [-0.2, -0.15) is 15.5 Å². The van der Waals surface area contributed by atoms with Crippen LogP contribution in [0.15, 0.2) is 53.6 Å². The molecule has 9 heteroatoms. The van der Waals surface area contributed by atoms with Crippen molar-refractivity contribution >= 4 is 35.3 Å². The predicted molar refractivity (Wildman–Crippen MR) is 111 cm³/mol. The molecule has 7 nitrogen and oxygen atoms in total. The molecule has 3 aromatic rings. The van der Waals surface area contributed by atoms with Crippen molar-refractivity contribution in [2.24, 2.45) is 5.10 Å². The molecule has 0 saturated heterocycles. The van der Waals surface area contributed by atoms with Gasteiger partial charge in [0.1, 0.15) is 10.9 Å². The lowest BCUT2D eigenvalue weighted by molar-refractivity contribution is -0.123. The maximum atomic E-state index is 11.9. The van der Waals surface area contributed by atoms with Crippen LogP contribution in [0.4, 0.5) is 0 Å². The Labute approximate surface area is 177 Å². The summed E-state index contributed by atoms with van der Waals surface area (Å²) in [5.41, 5.74) is 4.81. The number of carbonyl (C=O) groups excluding carboxylic acids is 1. The molecule has 0 unspecified atom stereocenters. The van der Waals surface area contributed by atoms with Gasteiger partial charge in [0.15, 0.2) is 6.61 Å². The first kappa shape index (κ1) is 20.4. The lowest BCUT2D eigenvalue weighted by Crippen LogP contribution is -2.24. The third-order valence-electron chi connectivity index (χ3n) is 3.84. The molecular formula is C20H15Cl2N5O2. The van der Waals surface area contributed by atoms with Crippen LogP contribution in [0.5, 0.6) is 5.75 Å². The number of aromatic nitrogens is 2. The highest BCUT2D eigenvalue weighted by molar-refractivity contribution is 6.32. The van der Waals surface area contributed by atoms with Crippen molar-refractivity contribution in [2.75, 3.05) is 6.61 Å². The average molecular weight is 428 g/mol. The fourth-order valence-electron chi connectivity index (χ4n) is 2.41. The molecule has 0 radical (unpaired) electrons. The second kappa shape index (κ2) is 9.24. The number of hydrazone groups is 1. The Morgan fingerprint density at radius 2 is 2.07 bits per heavy atom. The van der Waals surface area contributed by atoms with Crippen molar-refractivity contribution in [3.63, 3.8) is 0 Å². The molecule has 0 aliphatic rings. The maximum Gasteiger partial charge on any atom is 0.277 e. The molecule has 3 rings (SSSR count). The van der Waals surface area contributed by atoms with E-state index < -0.39 is 5.91 Å². The summed E-state index contributed by atoms with van der Waals surface area (Å²) in [4.78, 5) is 11.9. The minimum atomic E-state index is -0.443. The number of aryl methyl sites for hydroxylation is 1. The van der Waals surface area contributed by atoms with Crippen molar-refractivity contribution < 1.29 is 9.53 Å². The third-order valence-corrected chi connectivity index (χ3v) is 4.44. The van der Waals surface area contributed by atoms with E-state index in [2.05, 4.69) is 15.6 Å². The van der Waals surface area contributed by atoms with Gasteiger partial charge in [-0.1, -0.05) is 29.3 Å². The monoisotopic (exact) mass is 427 g/mol. The number of nitrogens with zero attached hydrogens (tertiary/aromatic N) is 4. The Bertz CT molecular complexity index is 1100. The molecule has 1 N–H and O–H groups in total. The molecule has 0 aliphatic carbocycles. The molecule has 0 aliphatic heterocycles. The fraction of sp³-hybridized carbons (Fsp3) is 0.100. The molecular weight excluding hydrogens is 413 g/mol. The number of carbonyl (C=O) groups is 1. The van der Waals surface area contributed by atoms with E-state index in [9.17, 15) is 4.79 Å². The minimum absolute atomic E-state index is 0.224. The number of amides is 1. The molecule has 146 valence electrons. The summed E-state index contributed by atoms with van der Waals surface area (Å²) in [6, 6.07) is 15.6. The predicted octanol–water partition coefficient (Wildman–Crippen LogP) is 3.89. The van der Waals surface area contributed by atoms with Crippen molar-refractivity contribution in [3.05, 3.63) is 75.5 Å². The van der Waals surface area contributed by atoms with Crippen LogP contribution in [-0.2, 0) is 4.79 Å². The number of hydrogen-bond acceptors (Lipinski definition) is 5. The van der Waals surface area contributed by atoms with Gasteiger partial charge in [0.25, 0.3) is 5.91 Å². The summed E-state index contributed by atoms with van der Waals surface area (Å²) in [6.45, 7) is 1.56. The molecule has 1 heterocycles. The van der Waals surface area contributed by atoms with Crippen molar-refractivity contribution in [2.45, 2.75) is 6.92 Å². The van der Waals surface area contributed by atoms with E-state index >= 15 is 0 Å². The van der Waals surface area contributed by atoms with Gasteiger partial charge in [-0.25, -0.2) is 10.1 Å². The standard InChI is InChI=1S/C20H15Cl2N5O2/c1-13-18(20(22)27(26-13)16-4-2-3-15(21)9-16)11-24-25-19(28)12-29-17-7-5-14(10-23)6-8-17/h2-9,11H,12H2,1H3,(H,25,28)/b24-11+. The van der Waals surface area contributed by atoms with Gasteiger partial charge >= 0.3 is 0 Å². The summed E-state index contributed by atoms with van der Waals surface area (Å²) >= 11 is 12.4. The van der Waals surface area contributed by atoms with Crippen LogP contribution >= 0.6 is 23.2 Å². The molecule has 1 aromatic heterocycles. The van der Waals surface area contributed by atoms with Crippen LogP contribution < -0.4 is 10.2 Å². The normalized spacial score (nSPS) is 10.7. The Hall–Kier alpha value is -3.34. The second-order valence-corrected chi connectivity index (χ2v) is 6.69. The number of ether oxygens (including phenoxy) is 1. The van der Waals surface area contributed by atoms with Gasteiger partial charge in [-0.15, -0.1) is 0 Å². The highest BCUT2D eigenvalue weighted by Gasteiger charge is 2.13. The smallest absolute Gasteiger partial charge is 0.277 e. The molecule has 1 amide bonds. The number of nitrogens with one attached hydrogen (secondary N) is 1. The Morgan fingerprint density at radius 1 is 1.31 bits per heavy atom. The maximum absolute atomic E-state index is 11.9. The van der Waals surface area contributed by atoms with Gasteiger partial charge in [0, 0.05) is 5.02 Å². The third kappa shape index (κ3) is 5.13. The number of rotatable bonds is 6.